The number of hydrogen-bond acceptors (Lipinski definition) is 5. The average molecular weight is 467 g/mol. The summed E-state index contributed by atoms with van der Waals surface area (Å²) in [4.78, 5) is 25.7. The van der Waals surface area contributed by atoms with E-state index in [1.165, 1.54) is 17.4 Å². The molecule has 0 saturated carbocycles. The molecular weight excluding hydrogens is 449 g/mol. The summed E-state index contributed by atoms with van der Waals surface area (Å²) in [6.45, 7) is 3.70. The minimum atomic E-state index is -4.41. The summed E-state index contributed by atoms with van der Waals surface area (Å²) in [5.41, 5.74) is 0.795. The topological polar surface area (TPSA) is 49.3 Å². The highest BCUT2D eigenvalue weighted by atomic mass is 35.5. The Morgan fingerprint density at radius 2 is 1.74 bits per heavy atom. The maximum Gasteiger partial charge on any atom is 0.417 e. The number of aromatic nitrogens is 2. The van der Waals surface area contributed by atoms with Gasteiger partial charge >= 0.3 is 6.18 Å². The van der Waals surface area contributed by atoms with Crippen molar-refractivity contribution in [3.05, 3.63) is 63.8 Å². The van der Waals surface area contributed by atoms with Gasteiger partial charge in [-0.15, -0.1) is 11.3 Å². The van der Waals surface area contributed by atoms with Crippen LogP contribution in [0.3, 0.4) is 0 Å². The number of aryl methyl sites for hydroxylation is 1. The van der Waals surface area contributed by atoms with Gasteiger partial charge in [-0.1, -0.05) is 23.7 Å². The molecular formula is C21H18ClF3N4OS. The van der Waals surface area contributed by atoms with Gasteiger partial charge in [0, 0.05) is 43.0 Å². The van der Waals surface area contributed by atoms with Crippen LogP contribution in [-0.4, -0.2) is 47.0 Å². The molecule has 3 heterocycles. The molecule has 10 heteroatoms. The highest BCUT2D eigenvalue weighted by Crippen LogP contribution is 2.31. The summed E-state index contributed by atoms with van der Waals surface area (Å²) >= 11 is 7.28. The molecule has 1 aromatic carbocycles. The van der Waals surface area contributed by atoms with Crippen molar-refractivity contribution < 1.29 is 18.0 Å². The third kappa shape index (κ3) is 4.67. The first-order valence-electron chi connectivity index (χ1n) is 9.53. The smallest absolute Gasteiger partial charge is 0.353 e. The van der Waals surface area contributed by atoms with E-state index in [9.17, 15) is 18.0 Å². The molecule has 0 radical (unpaired) electrons. The lowest BCUT2D eigenvalue weighted by Gasteiger charge is -2.35. The number of alkyl halides is 3. The van der Waals surface area contributed by atoms with Crippen LogP contribution in [-0.2, 0) is 6.18 Å². The summed E-state index contributed by atoms with van der Waals surface area (Å²) in [5, 5.41) is 1.39. The van der Waals surface area contributed by atoms with Crippen LogP contribution in [0.2, 0.25) is 5.02 Å². The number of piperazine rings is 1. The summed E-state index contributed by atoms with van der Waals surface area (Å²) in [6, 6.07) is 9.69. The summed E-state index contributed by atoms with van der Waals surface area (Å²) in [6.07, 6.45) is -3.57. The zero-order chi connectivity index (χ0) is 22.2. The van der Waals surface area contributed by atoms with Gasteiger partial charge in [0.15, 0.2) is 0 Å². The van der Waals surface area contributed by atoms with Gasteiger partial charge in [0.2, 0.25) is 0 Å². The lowest BCUT2D eigenvalue weighted by Crippen LogP contribution is -2.49. The second kappa shape index (κ2) is 8.47. The van der Waals surface area contributed by atoms with Crippen molar-refractivity contribution in [1.29, 1.82) is 0 Å². The number of thiazole rings is 1. The van der Waals surface area contributed by atoms with E-state index in [0.717, 1.165) is 22.8 Å². The van der Waals surface area contributed by atoms with E-state index in [4.69, 9.17) is 11.6 Å². The molecule has 1 aliphatic rings. The van der Waals surface area contributed by atoms with Crippen molar-refractivity contribution >= 4 is 34.7 Å². The van der Waals surface area contributed by atoms with Crippen LogP contribution in [0.25, 0.3) is 10.6 Å². The summed E-state index contributed by atoms with van der Waals surface area (Å²) < 4.78 is 38.1. The van der Waals surface area contributed by atoms with Crippen LogP contribution in [0.4, 0.5) is 19.0 Å². The monoisotopic (exact) mass is 466 g/mol. The number of rotatable bonds is 3. The molecule has 1 aliphatic heterocycles. The fourth-order valence-electron chi connectivity index (χ4n) is 3.33. The summed E-state index contributed by atoms with van der Waals surface area (Å²) in [5.74, 6) is 0.384. The van der Waals surface area contributed by atoms with Crippen molar-refractivity contribution in [2.45, 2.75) is 13.1 Å². The fraction of sp³-hybridized carbons (Fsp3) is 0.286. The van der Waals surface area contributed by atoms with Gasteiger partial charge in [-0.25, -0.2) is 9.97 Å². The lowest BCUT2D eigenvalue weighted by molar-refractivity contribution is -0.137. The third-order valence-corrected chi connectivity index (χ3v) is 6.49. The Morgan fingerprint density at radius 3 is 2.32 bits per heavy atom. The van der Waals surface area contributed by atoms with Gasteiger partial charge in [-0.2, -0.15) is 13.2 Å². The maximum absolute atomic E-state index is 13.0. The Labute approximate surface area is 186 Å². The largest absolute Gasteiger partial charge is 0.417 e. The minimum absolute atomic E-state index is 0.0877. The zero-order valence-corrected chi connectivity index (χ0v) is 18.1. The Hall–Kier alpha value is -2.65. The number of hydrogen-bond donors (Lipinski definition) is 0. The quantitative estimate of drug-likeness (QED) is 0.535. The molecule has 0 bridgehead atoms. The van der Waals surface area contributed by atoms with Crippen LogP contribution in [0.1, 0.15) is 20.9 Å². The molecule has 1 saturated heterocycles. The number of benzene rings is 1. The molecule has 4 rings (SSSR count). The SMILES string of the molecule is Cc1nc(-c2ccc(Cl)cc2)sc1C(=O)N1CCN(c2ccc(C(F)(F)F)cn2)CC1. The van der Waals surface area contributed by atoms with E-state index in [1.54, 1.807) is 17.0 Å². The second-order valence-electron chi connectivity index (χ2n) is 7.12. The molecule has 0 N–H and O–H groups in total. The predicted molar refractivity (Wildman–Crippen MR) is 115 cm³/mol. The molecule has 0 spiro atoms. The predicted octanol–water partition coefficient (Wildman–Crippen LogP) is 5.15. The molecule has 0 aliphatic carbocycles. The molecule has 0 atom stereocenters. The second-order valence-corrected chi connectivity index (χ2v) is 8.56. The number of halogens is 4. The van der Waals surface area contributed by atoms with E-state index in [0.29, 0.717) is 47.6 Å². The van der Waals surface area contributed by atoms with E-state index in [2.05, 4.69) is 9.97 Å². The lowest BCUT2D eigenvalue weighted by atomic mass is 10.2. The highest BCUT2D eigenvalue weighted by molar-refractivity contribution is 7.17. The Morgan fingerprint density at radius 1 is 1.06 bits per heavy atom. The van der Waals surface area contributed by atoms with Crippen molar-refractivity contribution in [3.63, 3.8) is 0 Å². The van der Waals surface area contributed by atoms with Crippen LogP contribution >= 0.6 is 22.9 Å². The first-order chi connectivity index (χ1) is 14.7. The van der Waals surface area contributed by atoms with Crippen LogP contribution < -0.4 is 4.90 Å². The first kappa shape index (κ1) is 21.6. The van der Waals surface area contributed by atoms with Crippen molar-refractivity contribution in [2.24, 2.45) is 0 Å². The Balaban J connectivity index is 1.42. The number of nitrogens with zero attached hydrogens (tertiary/aromatic N) is 4. The van der Waals surface area contributed by atoms with E-state index >= 15 is 0 Å². The number of anilines is 1. The normalized spacial score (nSPS) is 14.7. The molecule has 31 heavy (non-hydrogen) atoms. The summed E-state index contributed by atoms with van der Waals surface area (Å²) in [7, 11) is 0. The molecule has 1 amide bonds. The van der Waals surface area contributed by atoms with Gasteiger partial charge in [0.1, 0.15) is 15.7 Å². The average Bonchev–Trinajstić information content (AvgIpc) is 3.15. The van der Waals surface area contributed by atoms with Crippen LogP contribution in [0, 0.1) is 6.92 Å². The number of pyridine rings is 1. The highest BCUT2D eigenvalue weighted by Gasteiger charge is 2.31. The van der Waals surface area contributed by atoms with Gasteiger partial charge in [-0.05, 0) is 31.2 Å². The van der Waals surface area contributed by atoms with E-state index < -0.39 is 11.7 Å². The Bertz CT molecular complexity index is 1080. The standard InChI is InChI=1S/C21H18ClF3N4OS/c1-13-18(31-19(27-13)14-2-5-16(22)6-3-14)20(30)29-10-8-28(9-11-29)17-7-4-15(12-26-17)21(23,24)25/h2-7,12H,8-11H2,1H3. The number of carbonyl (C=O) groups is 1. The van der Waals surface area contributed by atoms with Crippen molar-refractivity contribution in [2.75, 3.05) is 31.1 Å². The van der Waals surface area contributed by atoms with Gasteiger partial charge < -0.3 is 9.80 Å². The van der Waals surface area contributed by atoms with Crippen molar-refractivity contribution in [1.82, 2.24) is 14.9 Å². The molecule has 3 aromatic rings. The van der Waals surface area contributed by atoms with Gasteiger partial charge in [0.25, 0.3) is 5.91 Å². The van der Waals surface area contributed by atoms with Crippen molar-refractivity contribution in [3.8, 4) is 10.6 Å². The minimum Gasteiger partial charge on any atom is -0.353 e. The first-order valence-corrected chi connectivity index (χ1v) is 10.7. The number of amides is 1. The van der Waals surface area contributed by atoms with Crippen LogP contribution in [0.15, 0.2) is 42.6 Å². The maximum atomic E-state index is 13.0. The van der Waals surface area contributed by atoms with Gasteiger partial charge in [-0.3, -0.25) is 4.79 Å². The number of carbonyl (C=O) groups excluding carboxylic acids is 1. The zero-order valence-electron chi connectivity index (χ0n) is 16.5. The van der Waals surface area contributed by atoms with E-state index in [-0.39, 0.29) is 5.91 Å². The molecule has 5 nitrogen and oxygen atoms in total. The van der Waals surface area contributed by atoms with E-state index in [1.807, 2.05) is 24.0 Å². The molecule has 162 valence electrons. The molecule has 0 unspecified atom stereocenters. The van der Waals surface area contributed by atoms with Crippen LogP contribution in [0.5, 0.6) is 0 Å². The molecule has 1 fully saturated rings. The fourth-order valence-corrected chi connectivity index (χ4v) is 4.50. The Kier molecular flexibility index (Phi) is 5.90. The molecule has 2 aromatic heterocycles. The van der Waals surface area contributed by atoms with Gasteiger partial charge in [0.05, 0.1) is 11.3 Å². The third-order valence-electron chi connectivity index (χ3n) is 5.05.